The predicted octanol–water partition coefficient (Wildman–Crippen LogP) is 1.56. The van der Waals surface area contributed by atoms with E-state index in [9.17, 15) is 9.59 Å². The summed E-state index contributed by atoms with van der Waals surface area (Å²) >= 11 is 0. The molecule has 0 unspecified atom stereocenters. The van der Waals surface area contributed by atoms with Crippen LogP contribution in [0.1, 0.15) is 25.3 Å². The summed E-state index contributed by atoms with van der Waals surface area (Å²) in [6.07, 6.45) is 2.26. The number of nitrogens with zero attached hydrogens (tertiary/aromatic N) is 3. The van der Waals surface area contributed by atoms with Gasteiger partial charge in [-0.2, -0.15) is 0 Å². The van der Waals surface area contributed by atoms with Crippen molar-refractivity contribution >= 4 is 17.5 Å². The van der Waals surface area contributed by atoms with Gasteiger partial charge in [-0.15, -0.1) is 0 Å². The lowest BCUT2D eigenvalue weighted by Crippen LogP contribution is -2.54. The van der Waals surface area contributed by atoms with Crippen LogP contribution < -0.4 is 5.32 Å². The van der Waals surface area contributed by atoms with E-state index in [-0.39, 0.29) is 17.9 Å². The minimum atomic E-state index is -0.175. The van der Waals surface area contributed by atoms with E-state index in [0.717, 1.165) is 63.4 Å². The molecule has 1 atom stereocenters. The summed E-state index contributed by atoms with van der Waals surface area (Å²) in [7, 11) is 0. The number of likely N-dealkylation sites (tertiary alicyclic amines) is 1. The van der Waals surface area contributed by atoms with Crippen molar-refractivity contribution in [2.75, 3.05) is 51.1 Å². The normalized spacial score (nSPS) is 20.2. The van der Waals surface area contributed by atoms with Gasteiger partial charge in [0.05, 0.1) is 12.6 Å². The summed E-state index contributed by atoms with van der Waals surface area (Å²) in [5.74, 6) is 0.280. The Balaban J connectivity index is 1.45. The van der Waals surface area contributed by atoms with Gasteiger partial charge in [-0.05, 0) is 38.3 Å². The molecule has 2 amide bonds. The molecule has 1 aromatic carbocycles. The van der Waals surface area contributed by atoms with E-state index in [0.29, 0.717) is 6.54 Å². The highest BCUT2D eigenvalue weighted by Gasteiger charge is 2.27. The van der Waals surface area contributed by atoms with Gasteiger partial charge in [0, 0.05) is 45.0 Å². The second kappa shape index (κ2) is 8.64. The first-order valence-corrected chi connectivity index (χ1v) is 9.65. The molecule has 0 saturated carbocycles. The van der Waals surface area contributed by atoms with Crippen LogP contribution in [0.25, 0.3) is 0 Å². The van der Waals surface area contributed by atoms with Gasteiger partial charge in [0.1, 0.15) is 0 Å². The molecule has 0 aliphatic carbocycles. The molecule has 0 spiro atoms. The fraction of sp³-hybridized carbons (Fsp3) is 0.600. The van der Waals surface area contributed by atoms with Crippen LogP contribution in [-0.2, 0) is 9.59 Å². The van der Waals surface area contributed by atoms with Gasteiger partial charge < -0.3 is 10.2 Å². The van der Waals surface area contributed by atoms with Gasteiger partial charge in [0.15, 0.2) is 0 Å². The van der Waals surface area contributed by atoms with E-state index in [2.05, 4.69) is 15.1 Å². The predicted molar refractivity (Wildman–Crippen MR) is 103 cm³/mol. The number of benzene rings is 1. The zero-order valence-electron chi connectivity index (χ0n) is 15.9. The average molecular weight is 358 g/mol. The van der Waals surface area contributed by atoms with E-state index in [1.807, 2.05) is 43.0 Å². The molecular formula is C20H30N4O2. The lowest BCUT2D eigenvalue weighted by molar-refractivity contribution is -0.132. The molecule has 26 heavy (non-hydrogen) atoms. The number of amides is 2. The number of carbonyl (C=O) groups is 2. The van der Waals surface area contributed by atoms with Crippen molar-refractivity contribution in [3.05, 3.63) is 29.8 Å². The Morgan fingerprint density at radius 1 is 1.04 bits per heavy atom. The SMILES string of the molecule is Cc1ccccc1NC(=O)[C@H](C)N1CCN(CC(=O)N2CCCC2)CC1. The van der Waals surface area contributed by atoms with Crippen LogP contribution in [-0.4, -0.2) is 78.4 Å². The van der Waals surface area contributed by atoms with Crippen LogP contribution in [0.3, 0.4) is 0 Å². The van der Waals surface area contributed by atoms with Crippen molar-refractivity contribution in [2.24, 2.45) is 0 Å². The van der Waals surface area contributed by atoms with Gasteiger partial charge in [-0.25, -0.2) is 0 Å². The third-order valence-electron chi connectivity index (χ3n) is 5.55. The third kappa shape index (κ3) is 4.62. The molecule has 6 nitrogen and oxygen atoms in total. The number of nitrogens with one attached hydrogen (secondary N) is 1. The van der Waals surface area contributed by atoms with Crippen LogP contribution in [0.15, 0.2) is 24.3 Å². The highest BCUT2D eigenvalue weighted by Crippen LogP contribution is 2.15. The van der Waals surface area contributed by atoms with Gasteiger partial charge in [-0.3, -0.25) is 19.4 Å². The van der Waals surface area contributed by atoms with Crippen molar-refractivity contribution in [1.29, 1.82) is 0 Å². The smallest absolute Gasteiger partial charge is 0.241 e. The second-order valence-corrected chi connectivity index (χ2v) is 7.38. The first-order chi connectivity index (χ1) is 12.5. The molecule has 0 bridgehead atoms. The lowest BCUT2D eigenvalue weighted by Gasteiger charge is -2.37. The molecule has 2 heterocycles. The number of anilines is 1. The topological polar surface area (TPSA) is 55.9 Å². The van der Waals surface area contributed by atoms with Crippen LogP contribution in [0.2, 0.25) is 0 Å². The zero-order chi connectivity index (χ0) is 18.5. The third-order valence-corrected chi connectivity index (χ3v) is 5.55. The molecular weight excluding hydrogens is 328 g/mol. The maximum Gasteiger partial charge on any atom is 0.241 e. The second-order valence-electron chi connectivity index (χ2n) is 7.38. The largest absolute Gasteiger partial charge is 0.342 e. The fourth-order valence-corrected chi connectivity index (χ4v) is 3.68. The average Bonchev–Trinajstić information content (AvgIpc) is 3.18. The minimum absolute atomic E-state index is 0.0286. The quantitative estimate of drug-likeness (QED) is 0.868. The number of para-hydroxylation sites is 1. The molecule has 0 aromatic heterocycles. The molecule has 1 N–H and O–H groups in total. The molecule has 2 aliphatic heterocycles. The Kier molecular flexibility index (Phi) is 6.27. The van der Waals surface area contributed by atoms with E-state index < -0.39 is 0 Å². The zero-order valence-corrected chi connectivity index (χ0v) is 15.9. The lowest BCUT2D eigenvalue weighted by atomic mass is 10.1. The molecule has 2 aliphatic rings. The summed E-state index contributed by atoms with van der Waals surface area (Å²) in [4.78, 5) is 31.2. The highest BCUT2D eigenvalue weighted by atomic mass is 16.2. The molecule has 0 radical (unpaired) electrons. The molecule has 2 fully saturated rings. The Morgan fingerprint density at radius 3 is 2.35 bits per heavy atom. The first-order valence-electron chi connectivity index (χ1n) is 9.65. The minimum Gasteiger partial charge on any atom is -0.342 e. The summed E-state index contributed by atoms with van der Waals surface area (Å²) in [6, 6.07) is 7.66. The summed E-state index contributed by atoms with van der Waals surface area (Å²) in [5.41, 5.74) is 1.94. The molecule has 142 valence electrons. The van der Waals surface area contributed by atoms with Crippen LogP contribution >= 0.6 is 0 Å². The number of hydrogen-bond acceptors (Lipinski definition) is 4. The van der Waals surface area contributed by atoms with E-state index in [1.165, 1.54) is 0 Å². The number of hydrogen-bond donors (Lipinski definition) is 1. The number of carbonyl (C=O) groups excluding carboxylic acids is 2. The Labute approximate surface area is 156 Å². The molecule has 1 aromatic rings. The Morgan fingerprint density at radius 2 is 1.69 bits per heavy atom. The van der Waals surface area contributed by atoms with Crippen molar-refractivity contribution in [1.82, 2.24) is 14.7 Å². The highest BCUT2D eigenvalue weighted by molar-refractivity contribution is 5.95. The summed E-state index contributed by atoms with van der Waals surface area (Å²) < 4.78 is 0. The number of aryl methyl sites for hydroxylation is 1. The van der Waals surface area contributed by atoms with Gasteiger partial charge in [-0.1, -0.05) is 18.2 Å². The fourth-order valence-electron chi connectivity index (χ4n) is 3.68. The van der Waals surface area contributed by atoms with Gasteiger partial charge >= 0.3 is 0 Å². The monoisotopic (exact) mass is 358 g/mol. The van der Waals surface area contributed by atoms with Crippen molar-refractivity contribution in [3.8, 4) is 0 Å². The van der Waals surface area contributed by atoms with E-state index >= 15 is 0 Å². The van der Waals surface area contributed by atoms with Crippen molar-refractivity contribution in [2.45, 2.75) is 32.7 Å². The number of rotatable bonds is 5. The molecule has 6 heteroatoms. The van der Waals surface area contributed by atoms with Crippen LogP contribution in [0.5, 0.6) is 0 Å². The molecule has 3 rings (SSSR count). The van der Waals surface area contributed by atoms with E-state index in [1.54, 1.807) is 0 Å². The molecule has 2 saturated heterocycles. The summed E-state index contributed by atoms with van der Waals surface area (Å²) in [5, 5.41) is 3.03. The Hall–Kier alpha value is -1.92. The van der Waals surface area contributed by atoms with Crippen LogP contribution in [0.4, 0.5) is 5.69 Å². The van der Waals surface area contributed by atoms with Crippen molar-refractivity contribution < 1.29 is 9.59 Å². The Bertz CT molecular complexity index is 634. The maximum atomic E-state index is 12.6. The number of piperazine rings is 1. The van der Waals surface area contributed by atoms with E-state index in [4.69, 9.17) is 0 Å². The van der Waals surface area contributed by atoms with Gasteiger partial charge in [0.2, 0.25) is 11.8 Å². The standard InChI is InChI=1S/C20H30N4O2/c1-16-7-3-4-8-18(16)21-20(26)17(2)23-13-11-22(12-14-23)15-19(25)24-9-5-6-10-24/h3-4,7-8,17H,5-6,9-15H2,1-2H3,(H,21,26)/t17-/m0/s1. The van der Waals surface area contributed by atoms with Crippen LogP contribution in [0, 0.1) is 6.92 Å². The first kappa shape index (κ1) is 18.9. The summed E-state index contributed by atoms with van der Waals surface area (Å²) in [6.45, 7) is 9.59. The van der Waals surface area contributed by atoms with Gasteiger partial charge in [0.25, 0.3) is 0 Å². The maximum absolute atomic E-state index is 12.6. The van der Waals surface area contributed by atoms with Crippen molar-refractivity contribution in [3.63, 3.8) is 0 Å².